The highest BCUT2D eigenvalue weighted by molar-refractivity contribution is 6.30. The van der Waals surface area contributed by atoms with Gasteiger partial charge in [0.05, 0.1) is 17.0 Å². The molecule has 2 heterocycles. The summed E-state index contributed by atoms with van der Waals surface area (Å²) in [5.41, 5.74) is 2.29. The summed E-state index contributed by atoms with van der Waals surface area (Å²) in [5.74, 6) is -0.305. The van der Waals surface area contributed by atoms with Gasteiger partial charge in [-0.05, 0) is 36.8 Å². The zero-order chi connectivity index (χ0) is 16.1. The van der Waals surface area contributed by atoms with Crippen molar-refractivity contribution in [1.82, 2.24) is 5.32 Å². The first-order valence-electron chi connectivity index (χ1n) is 7.18. The summed E-state index contributed by atoms with van der Waals surface area (Å²) in [6.45, 7) is 1.91. The number of fused-ring (bicyclic) bond motifs is 2. The van der Waals surface area contributed by atoms with Crippen LogP contribution in [0.1, 0.15) is 33.3 Å². The summed E-state index contributed by atoms with van der Waals surface area (Å²) in [7, 11) is 0. The lowest BCUT2D eigenvalue weighted by Gasteiger charge is -2.11. The van der Waals surface area contributed by atoms with Crippen molar-refractivity contribution < 1.29 is 9.21 Å². The Labute approximate surface area is 136 Å². The number of benzene rings is 2. The standard InChI is InChI=1S/C18H12ClNO3/c1-9-5-6-13-12(7-9)16(21)14-15(20-18(22)17(14)23-13)10-3-2-4-11(19)8-10/h2-8,15H,1H3,(H,20,22). The molecule has 1 aliphatic heterocycles. The molecule has 2 aromatic carbocycles. The number of carbonyl (C=O) groups excluding carboxylic acids is 1. The van der Waals surface area contributed by atoms with Crippen molar-refractivity contribution in [3.63, 3.8) is 0 Å². The first-order valence-corrected chi connectivity index (χ1v) is 7.56. The lowest BCUT2D eigenvalue weighted by Crippen LogP contribution is -2.21. The molecule has 0 aliphatic carbocycles. The van der Waals surface area contributed by atoms with Crippen molar-refractivity contribution in [1.29, 1.82) is 0 Å². The van der Waals surface area contributed by atoms with Gasteiger partial charge in [-0.25, -0.2) is 0 Å². The first kappa shape index (κ1) is 14.0. The fourth-order valence-corrected chi connectivity index (χ4v) is 3.16. The van der Waals surface area contributed by atoms with E-state index in [2.05, 4.69) is 5.32 Å². The molecule has 0 fully saturated rings. The van der Waals surface area contributed by atoms with E-state index in [4.69, 9.17) is 16.0 Å². The Morgan fingerprint density at radius 2 is 1.96 bits per heavy atom. The smallest absolute Gasteiger partial charge is 0.288 e. The molecule has 0 radical (unpaired) electrons. The maximum Gasteiger partial charge on any atom is 0.288 e. The molecule has 1 unspecified atom stereocenters. The highest BCUT2D eigenvalue weighted by Crippen LogP contribution is 2.31. The maximum absolute atomic E-state index is 12.9. The zero-order valence-corrected chi connectivity index (χ0v) is 13.0. The predicted molar refractivity (Wildman–Crippen MR) is 88.0 cm³/mol. The largest absolute Gasteiger partial charge is 0.450 e. The Kier molecular flexibility index (Phi) is 3.03. The van der Waals surface area contributed by atoms with Gasteiger partial charge in [0.2, 0.25) is 5.76 Å². The third kappa shape index (κ3) is 2.14. The fourth-order valence-electron chi connectivity index (χ4n) is 2.96. The number of nitrogens with one attached hydrogen (secondary N) is 1. The minimum atomic E-state index is -0.544. The Balaban J connectivity index is 2.01. The minimum Gasteiger partial charge on any atom is -0.450 e. The predicted octanol–water partition coefficient (Wildman–Crippen LogP) is 3.59. The second kappa shape index (κ2) is 4.96. The zero-order valence-electron chi connectivity index (χ0n) is 12.2. The van der Waals surface area contributed by atoms with Crippen LogP contribution < -0.4 is 10.7 Å². The summed E-state index contributed by atoms with van der Waals surface area (Å²) in [6, 6.07) is 11.9. The minimum absolute atomic E-state index is 0.0799. The van der Waals surface area contributed by atoms with Gasteiger partial charge >= 0.3 is 0 Å². The third-order valence-corrected chi connectivity index (χ3v) is 4.27. The van der Waals surface area contributed by atoms with Gasteiger partial charge in [-0.1, -0.05) is 35.4 Å². The van der Waals surface area contributed by atoms with E-state index in [1.165, 1.54) is 0 Å². The molecule has 4 rings (SSSR count). The molecule has 1 amide bonds. The topological polar surface area (TPSA) is 59.3 Å². The van der Waals surface area contributed by atoms with Crippen LogP contribution in [-0.2, 0) is 0 Å². The van der Waals surface area contributed by atoms with Gasteiger partial charge in [0, 0.05) is 5.02 Å². The van der Waals surface area contributed by atoms with Crippen molar-refractivity contribution >= 4 is 28.5 Å². The Morgan fingerprint density at radius 3 is 2.74 bits per heavy atom. The Hall–Kier alpha value is -2.59. The molecule has 4 nitrogen and oxygen atoms in total. The van der Waals surface area contributed by atoms with Crippen LogP contribution in [0, 0.1) is 6.92 Å². The molecule has 1 aliphatic rings. The highest BCUT2D eigenvalue weighted by Gasteiger charge is 2.35. The molecule has 1 N–H and O–H groups in total. The SMILES string of the molecule is Cc1ccc2oc3c(c(=O)c2c1)C(c1cccc(Cl)c1)NC3=O. The highest BCUT2D eigenvalue weighted by atomic mass is 35.5. The number of amides is 1. The average molecular weight is 326 g/mol. The number of hydrogen-bond donors (Lipinski definition) is 1. The molecule has 1 aromatic heterocycles. The van der Waals surface area contributed by atoms with Crippen LogP contribution in [0.2, 0.25) is 5.02 Å². The van der Waals surface area contributed by atoms with Crippen molar-refractivity contribution in [3.05, 3.63) is 80.2 Å². The lowest BCUT2D eigenvalue weighted by atomic mass is 9.99. The number of aryl methyl sites for hydroxylation is 1. The second-order valence-electron chi connectivity index (χ2n) is 5.64. The van der Waals surface area contributed by atoms with Gasteiger partial charge in [-0.3, -0.25) is 9.59 Å². The van der Waals surface area contributed by atoms with E-state index < -0.39 is 6.04 Å². The van der Waals surface area contributed by atoms with Gasteiger partial charge in [0.1, 0.15) is 5.58 Å². The Bertz CT molecular complexity index is 1020. The van der Waals surface area contributed by atoms with Gasteiger partial charge in [-0.2, -0.15) is 0 Å². The van der Waals surface area contributed by atoms with Crippen molar-refractivity contribution in [3.8, 4) is 0 Å². The van der Waals surface area contributed by atoms with Gasteiger partial charge in [-0.15, -0.1) is 0 Å². The molecule has 114 valence electrons. The van der Waals surface area contributed by atoms with Crippen LogP contribution in [0.25, 0.3) is 11.0 Å². The summed E-state index contributed by atoms with van der Waals surface area (Å²) in [4.78, 5) is 25.1. The van der Waals surface area contributed by atoms with Gasteiger partial charge < -0.3 is 9.73 Å². The monoisotopic (exact) mass is 325 g/mol. The van der Waals surface area contributed by atoms with Crippen LogP contribution in [0.3, 0.4) is 0 Å². The summed E-state index contributed by atoms with van der Waals surface area (Å²) >= 11 is 6.03. The fraction of sp³-hybridized carbons (Fsp3) is 0.111. The molecule has 0 spiro atoms. The van der Waals surface area contributed by atoms with Crippen molar-refractivity contribution in [2.24, 2.45) is 0 Å². The molecule has 3 aromatic rings. The molecular weight excluding hydrogens is 314 g/mol. The summed E-state index contributed by atoms with van der Waals surface area (Å²) in [5, 5.41) is 3.83. The van der Waals surface area contributed by atoms with Crippen LogP contribution >= 0.6 is 11.6 Å². The van der Waals surface area contributed by atoms with E-state index in [0.717, 1.165) is 11.1 Å². The van der Waals surface area contributed by atoms with Crippen molar-refractivity contribution in [2.75, 3.05) is 0 Å². The molecule has 0 saturated heterocycles. The number of hydrogen-bond acceptors (Lipinski definition) is 3. The van der Waals surface area contributed by atoms with E-state index in [1.54, 1.807) is 30.3 Å². The van der Waals surface area contributed by atoms with Gasteiger partial charge in [0.25, 0.3) is 5.91 Å². The van der Waals surface area contributed by atoms with Crippen LogP contribution in [0.15, 0.2) is 51.7 Å². The van der Waals surface area contributed by atoms with E-state index >= 15 is 0 Å². The van der Waals surface area contributed by atoms with E-state index in [9.17, 15) is 9.59 Å². The lowest BCUT2D eigenvalue weighted by molar-refractivity contribution is 0.0938. The summed E-state index contributed by atoms with van der Waals surface area (Å²) in [6.07, 6.45) is 0. The van der Waals surface area contributed by atoms with Gasteiger partial charge in [0.15, 0.2) is 5.43 Å². The first-order chi connectivity index (χ1) is 11.0. The number of rotatable bonds is 1. The molecule has 0 saturated carbocycles. The van der Waals surface area contributed by atoms with E-state index in [0.29, 0.717) is 21.6 Å². The molecule has 23 heavy (non-hydrogen) atoms. The molecule has 1 atom stereocenters. The van der Waals surface area contributed by atoms with Crippen LogP contribution in [-0.4, -0.2) is 5.91 Å². The molecule has 5 heteroatoms. The van der Waals surface area contributed by atoms with E-state index in [-0.39, 0.29) is 17.1 Å². The van der Waals surface area contributed by atoms with E-state index in [1.807, 2.05) is 19.1 Å². The quantitative estimate of drug-likeness (QED) is 0.744. The number of carbonyl (C=O) groups is 1. The molecular formula is C18H12ClNO3. The van der Waals surface area contributed by atoms with Crippen LogP contribution in [0.5, 0.6) is 0 Å². The molecule has 0 bridgehead atoms. The second-order valence-corrected chi connectivity index (χ2v) is 6.07. The maximum atomic E-state index is 12.9. The van der Waals surface area contributed by atoms with Crippen LogP contribution in [0.4, 0.5) is 0 Å². The number of halogens is 1. The summed E-state index contributed by atoms with van der Waals surface area (Å²) < 4.78 is 5.69. The van der Waals surface area contributed by atoms with Crippen molar-refractivity contribution in [2.45, 2.75) is 13.0 Å². The third-order valence-electron chi connectivity index (χ3n) is 4.03. The Morgan fingerprint density at radius 1 is 1.13 bits per heavy atom. The normalized spacial score (nSPS) is 16.4. The average Bonchev–Trinajstić information content (AvgIpc) is 2.86.